The van der Waals surface area contributed by atoms with Gasteiger partial charge in [0.25, 0.3) is 0 Å². The summed E-state index contributed by atoms with van der Waals surface area (Å²) in [6, 6.07) is 0. The summed E-state index contributed by atoms with van der Waals surface area (Å²) in [6.07, 6.45) is 2.54. The van der Waals surface area contributed by atoms with E-state index < -0.39 is 0 Å². The predicted molar refractivity (Wildman–Crippen MR) is 67.8 cm³/mol. The Hall–Kier alpha value is 0.640. The SMILES string of the molecule is CC(C)(C)C1(C(C)(C)C)CC(SCl)C1. The normalized spacial score (nSPS) is 23.4. The van der Waals surface area contributed by atoms with Gasteiger partial charge in [0.2, 0.25) is 0 Å². The van der Waals surface area contributed by atoms with Crippen molar-refractivity contribution in [1.29, 1.82) is 0 Å². The molecule has 1 aliphatic rings. The summed E-state index contributed by atoms with van der Waals surface area (Å²) in [5, 5.41) is 0.676. The second-order valence-electron chi connectivity index (χ2n) is 6.70. The summed E-state index contributed by atoms with van der Waals surface area (Å²) in [6.45, 7) is 14.2. The van der Waals surface area contributed by atoms with Crippen molar-refractivity contribution in [2.75, 3.05) is 0 Å². The molecule has 0 unspecified atom stereocenters. The van der Waals surface area contributed by atoms with Gasteiger partial charge in [-0.2, -0.15) is 0 Å². The lowest BCUT2D eigenvalue weighted by molar-refractivity contribution is -0.0953. The van der Waals surface area contributed by atoms with Gasteiger partial charge in [-0.15, -0.1) is 0 Å². The largest absolute Gasteiger partial charge is 0.0596 e. The molecule has 84 valence electrons. The van der Waals surface area contributed by atoms with E-state index >= 15 is 0 Å². The molecule has 0 bridgehead atoms. The Kier molecular flexibility index (Phi) is 3.26. The summed E-state index contributed by atoms with van der Waals surface area (Å²) < 4.78 is 0. The molecule has 0 aliphatic heterocycles. The van der Waals surface area contributed by atoms with Gasteiger partial charge >= 0.3 is 0 Å². The van der Waals surface area contributed by atoms with Crippen LogP contribution in [-0.2, 0) is 0 Å². The number of hydrogen-bond acceptors (Lipinski definition) is 1. The number of rotatable bonds is 1. The highest BCUT2D eigenvalue weighted by Crippen LogP contribution is 2.65. The molecule has 0 radical (unpaired) electrons. The maximum atomic E-state index is 5.85. The fraction of sp³-hybridized carbons (Fsp3) is 1.00. The Morgan fingerprint density at radius 1 is 1.00 bits per heavy atom. The fourth-order valence-electron chi connectivity index (χ4n) is 3.13. The van der Waals surface area contributed by atoms with Crippen LogP contribution in [0, 0.1) is 16.2 Å². The fourth-order valence-corrected chi connectivity index (χ4v) is 4.20. The molecule has 0 N–H and O–H groups in total. The van der Waals surface area contributed by atoms with Crippen molar-refractivity contribution in [1.82, 2.24) is 0 Å². The van der Waals surface area contributed by atoms with Gasteiger partial charge in [-0.05, 0) is 39.8 Å². The lowest BCUT2D eigenvalue weighted by Gasteiger charge is -2.62. The minimum Gasteiger partial charge on any atom is -0.0596 e. The molecule has 1 fully saturated rings. The van der Waals surface area contributed by atoms with Crippen LogP contribution in [0.4, 0.5) is 0 Å². The summed E-state index contributed by atoms with van der Waals surface area (Å²) >= 11 is 0. The van der Waals surface area contributed by atoms with Crippen LogP contribution in [0.2, 0.25) is 0 Å². The molecule has 0 aromatic heterocycles. The Morgan fingerprint density at radius 2 is 1.36 bits per heavy atom. The van der Waals surface area contributed by atoms with Crippen molar-refractivity contribution in [3.8, 4) is 0 Å². The average molecular weight is 235 g/mol. The minimum atomic E-state index is 0.383. The zero-order valence-electron chi connectivity index (χ0n) is 10.3. The Balaban J connectivity index is 2.87. The molecule has 0 atom stereocenters. The first kappa shape index (κ1) is 12.7. The maximum Gasteiger partial charge on any atom is 0.0211 e. The van der Waals surface area contributed by atoms with E-state index in [-0.39, 0.29) is 0 Å². The molecular weight excluding hydrogens is 212 g/mol. The summed E-state index contributed by atoms with van der Waals surface area (Å²) in [5.74, 6) is 0. The van der Waals surface area contributed by atoms with E-state index in [2.05, 4.69) is 41.5 Å². The first-order chi connectivity index (χ1) is 6.14. The van der Waals surface area contributed by atoms with Crippen LogP contribution in [0.5, 0.6) is 0 Å². The maximum absolute atomic E-state index is 5.85. The topological polar surface area (TPSA) is 0 Å². The summed E-state index contributed by atoms with van der Waals surface area (Å²) in [5.41, 5.74) is 1.23. The Bertz CT molecular complexity index is 187. The second-order valence-corrected chi connectivity index (χ2v) is 8.08. The van der Waals surface area contributed by atoms with Crippen LogP contribution in [0.15, 0.2) is 0 Å². The van der Waals surface area contributed by atoms with E-state index in [1.54, 1.807) is 0 Å². The highest BCUT2D eigenvalue weighted by Gasteiger charge is 2.57. The van der Waals surface area contributed by atoms with Gasteiger partial charge < -0.3 is 0 Å². The standard InChI is InChI=1S/C12H23ClS/c1-10(2,3)12(11(4,5)6)7-9(8-12)14-13/h9H,7-8H2,1-6H3. The van der Waals surface area contributed by atoms with Crippen molar-refractivity contribution in [3.05, 3.63) is 0 Å². The van der Waals surface area contributed by atoms with Crippen molar-refractivity contribution >= 4 is 21.7 Å². The van der Waals surface area contributed by atoms with Gasteiger partial charge in [0.15, 0.2) is 0 Å². The van der Waals surface area contributed by atoms with Crippen LogP contribution < -0.4 is 0 Å². The molecule has 14 heavy (non-hydrogen) atoms. The Labute approximate surface area is 97.7 Å². The highest BCUT2D eigenvalue weighted by molar-refractivity contribution is 8.21. The monoisotopic (exact) mass is 234 g/mol. The molecule has 0 saturated heterocycles. The van der Waals surface area contributed by atoms with E-state index in [1.165, 1.54) is 23.8 Å². The molecule has 2 heteroatoms. The van der Waals surface area contributed by atoms with Gasteiger partial charge in [-0.25, -0.2) is 0 Å². The predicted octanol–water partition coefficient (Wildman–Crippen LogP) is 5.11. The van der Waals surface area contributed by atoms with Crippen molar-refractivity contribution in [3.63, 3.8) is 0 Å². The van der Waals surface area contributed by atoms with E-state index in [0.717, 1.165) is 0 Å². The lowest BCUT2D eigenvalue weighted by atomic mass is 9.45. The van der Waals surface area contributed by atoms with E-state index in [4.69, 9.17) is 10.7 Å². The first-order valence-electron chi connectivity index (χ1n) is 5.41. The molecule has 0 amide bonds. The summed E-state index contributed by atoms with van der Waals surface area (Å²) in [4.78, 5) is 0. The molecule has 1 saturated carbocycles. The van der Waals surface area contributed by atoms with Crippen LogP contribution in [0.25, 0.3) is 0 Å². The van der Waals surface area contributed by atoms with Crippen LogP contribution >= 0.6 is 21.7 Å². The summed E-state index contributed by atoms with van der Waals surface area (Å²) in [7, 11) is 7.37. The van der Waals surface area contributed by atoms with Crippen LogP contribution in [-0.4, -0.2) is 5.25 Å². The second kappa shape index (κ2) is 3.59. The quantitative estimate of drug-likeness (QED) is 0.607. The zero-order chi connectivity index (χ0) is 11.2. The molecule has 0 aromatic rings. The Morgan fingerprint density at radius 3 is 1.57 bits per heavy atom. The molecule has 0 spiro atoms. The van der Waals surface area contributed by atoms with E-state index in [0.29, 0.717) is 21.5 Å². The third-order valence-corrected chi connectivity index (χ3v) is 5.49. The average Bonchev–Trinajstić information content (AvgIpc) is 1.77. The lowest BCUT2D eigenvalue weighted by Crippen LogP contribution is -2.56. The smallest absolute Gasteiger partial charge is 0.0211 e. The number of halogens is 1. The molecular formula is C12H23ClS. The van der Waals surface area contributed by atoms with Gasteiger partial charge in [0, 0.05) is 5.25 Å². The van der Waals surface area contributed by atoms with Gasteiger partial charge in [0.1, 0.15) is 0 Å². The van der Waals surface area contributed by atoms with Crippen molar-refractivity contribution in [2.45, 2.75) is 59.6 Å². The third-order valence-electron chi connectivity index (χ3n) is 4.15. The van der Waals surface area contributed by atoms with Crippen molar-refractivity contribution < 1.29 is 0 Å². The van der Waals surface area contributed by atoms with Gasteiger partial charge in [-0.3, -0.25) is 0 Å². The molecule has 0 nitrogen and oxygen atoms in total. The van der Waals surface area contributed by atoms with Crippen LogP contribution in [0.1, 0.15) is 54.4 Å². The molecule has 0 aromatic carbocycles. The van der Waals surface area contributed by atoms with Gasteiger partial charge in [0.05, 0.1) is 0 Å². The van der Waals surface area contributed by atoms with Crippen molar-refractivity contribution in [2.24, 2.45) is 16.2 Å². The molecule has 0 heterocycles. The van der Waals surface area contributed by atoms with Gasteiger partial charge in [-0.1, -0.05) is 52.5 Å². The molecule has 1 aliphatic carbocycles. The van der Waals surface area contributed by atoms with E-state index in [9.17, 15) is 0 Å². The van der Waals surface area contributed by atoms with E-state index in [1.807, 2.05) is 0 Å². The first-order valence-corrected chi connectivity index (χ1v) is 7.12. The minimum absolute atomic E-state index is 0.383. The highest BCUT2D eigenvalue weighted by atomic mass is 35.7. The van der Waals surface area contributed by atoms with Crippen LogP contribution in [0.3, 0.4) is 0 Å². The number of hydrogen-bond donors (Lipinski definition) is 0. The molecule has 1 rings (SSSR count). The zero-order valence-corrected chi connectivity index (χ0v) is 11.9. The third kappa shape index (κ3) is 1.82.